The van der Waals surface area contributed by atoms with Crippen LogP contribution in [-0.2, 0) is 24.6 Å². The number of ketones is 1. The summed E-state index contributed by atoms with van der Waals surface area (Å²) in [6.07, 6.45) is 3.41. The van der Waals surface area contributed by atoms with Crippen molar-refractivity contribution in [2.75, 3.05) is 25.0 Å². The molecule has 1 aromatic carbocycles. The van der Waals surface area contributed by atoms with E-state index in [2.05, 4.69) is 15.4 Å². The average molecular weight is 634 g/mol. The van der Waals surface area contributed by atoms with E-state index in [4.69, 9.17) is 17.3 Å². The highest BCUT2D eigenvalue weighted by Gasteiger charge is 2.39. The molecule has 0 bridgehead atoms. The summed E-state index contributed by atoms with van der Waals surface area (Å²) in [6.45, 7) is 1.72. The van der Waals surface area contributed by atoms with Crippen molar-refractivity contribution in [3.63, 3.8) is 0 Å². The van der Waals surface area contributed by atoms with Crippen LogP contribution in [0, 0.1) is 11.8 Å². The number of hydrogen-bond donors (Lipinski definition) is 2. The van der Waals surface area contributed by atoms with Gasteiger partial charge >= 0.3 is 6.18 Å². The minimum absolute atomic E-state index is 0.00357. The molecule has 2 aliphatic rings. The van der Waals surface area contributed by atoms with Crippen LogP contribution in [0.3, 0.4) is 0 Å². The van der Waals surface area contributed by atoms with Gasteiger partial charge in [-0.15, -0.1) is 0 Å². The summed E-state index contributed by atoms with van der Waals surface area (Å²) >= 11 is 6.42. The van der Waals surface area contributed by atoms with Gasteiger partial charge in [0.2, 0.25) is 5.91 Å². The number of hydrogen-bond acceptors (Lipinski definition) is 6. The molecule has 1 saturated heterocycles. The van der Waals surface area contributed by atoms with Crippen molar-refractivity contribution in [1.82, 2.24) is 24.2 Å². The van der Waals surface area contributed by atoms with Gasteiger partial charge in [-0.1, -0.05) is 11.6 Å². The SMILES string of the molecule is Cn1c(-c2cn(CC3CC3)nc2C(F)(F)F)cnc1C(=O)Nc1ccc(C(=O)CCC2CCCN(C(=O)CN)CC2)c(Cl)c1. The zero-order valence-electron chi connectivity index (χ0n) is 24.4. The predicted octanol–water partition coefficient (Wildman–Crippen LogP) is 5.17. The molecule has 1 atom stereocenters. The van der Waals surface area contributed by atoms with Crippen molar-refractivity contribution in [3.8, 4) is 11.3 Å². The maximum atomic E-state index is 13.8. The minimum atomic E-state index is -4.67. The number of imidazole rings is 1. The van der Waals surface area contributed by atoms with Gasteiger partial charge in [-0.25, -0.2) is 4.98 Å². The van der Waals surface area contributed by atoms with Gasteiger partial charge in [0.25, 0.3) is 5.91 Å². The molecule has 2 aromatic heterocycles. The second kappa shape index (κ2) is 13.1. The maximum absolute atomic E-state index is 13.8. The van der Waals surface area contributed by atoms with Crippen LogP contribution in [0.15, 0.2) is 30.6 Å². The first-order valence-corrected chi connectivity index (χ1v) is 15.1. The van der Waals surface area contributed by atoms with Crippen molar-refractivity contribution >= 4 is 34.9 Å². The molecule has 3 heterocycles. The number of rotatable bonds is 10. The number of nitrogens with zero attached hydrogens (tertiary/aromatic N) is 5. The zero-order chi connectivity index (χ0) is 31.6. The number of aromatic nitrogens is 4. The van der Waals surface area contributed by atoms with Gasteiger partial charge < -0.3 is 20.5 Å². The van der Waals surface area contributed by atoms with Gasteiger partial charge in [0, 0.05) is 50.6 Å². The molecular formula is C30H35ClF3N7O3. The Labute approximate surface area is 257 Å². The van der Waals surface area contributed by atoms with Crippen LogP contribution >= 0.6 is 11.6 Å². The van der Waals surface area contributed by atoms with E-state index in [-0.39, 0.29) is 40.3 Å². The molecule has 14 heteroatoms. The Bertz CT molecular complexity index is 1550. The Morgan fingerprint density at radius 1 is 1.11 bits per heavy atom. The number of Topliss-reactive ketones (excluding diaryl/α,β-unsaturated/α-hetero) is 1. The molecule has 1 aliphatic heterocycles. The van der Waals surface area contributed by atoms with E-state index in [0.717, 1.165) is 32.1 Å². The summed E-state index contributed by atoms with van der Waals surface area (Å²) in [4.78, 5) is 43.8. The molecule has 3 N–H and O–H groups in total. The summed E-state index contributed by atoms with van der Waals surface area (Å²) in [5.41, 5.74) is 5.06. The number of likely N-dealkylation sites (tertiary alicyclic amines) is 1. The third kappa shape index (κ3) is 7.32. The lowest BCUT2D eigenvalue weighted by molar-refractivity contribution is -0.141. The maximum Gasteiger partial charge on any atom is 0.435 e. The molecule has 1 unspecified atom stereocenters. The highest BCUT2D eigenvalue weighted by Crippen LogP contribution is 2.38. The predicted molar refractivity (Wildman–Crippen MR) is 158 cm³/mol. The Morgan fingerprint density at radius 2 is 1.89 bits per heavy atom. The topological polar surface area (TPSA) is 128 Å². The van der Waals surface area contributed by atoms with Crippen LogP contribution in [0.5, 0.6) is 0 Å². The normalized spacial score (nSPS) is 17.4. The van der Waals surface area contributed by atoms with E-state index in [1.165, 1.54) is 34.8 Å². The standard InChI is InChI=1S/C30H35ClF3N7O3/c1-39-24(22-17-41(16-19-4-5-19)38-27(22)30(32,33)34)15-36-28(39)29(44)37-20-7-8-21(23(31)13-20)25(42)9-6-18-3-2-11-40(12-10-18)26(43)14-35/h7-8,13,15,17-19H,2-6,9-12,14,16,35H2,1H3,(H,37,44). The van der Waals surface area contributed by atoms with Crippen molar-refractivity contribution in [3.05, 3.63) is 52.7 Å². The van der Waals surface area contributed by atoms with Crippen molar-refractivity contribution < 1.29 is 27.6 Å². The molecule has 2 amide bonds. The average Bonchev–Trinajstić information content (AvgIpc) is 3.63. The first-order valence-electron chi connectivity index (χ1n) is 14.7. The third-order valence-corrected chi connectivity index (χ3v) is 8.63. The largest absolute Gasteiger partial charge is 0.435 e. The lowest BCUT2D eigenvalue weighted by atomic mass is 9.93. The molecule has 2 fully saturated rings. The fourth-order valence-electron chi connectivity index (χ4n) is 5.66. The molecular weight excluding hydrogens is 599 g/mol. The highest BCUT2D eigenvalue weighted by molar-refractivity contribution is 6.34. The fraction of sp³-hybridized carbons (Fsp3) is 0.500. The molecule has 1 aliphatic carbocycles. The number of nitrogens with two attached hydrogens (primary N) is 1. The Hall–Kier alpha value is -3.71. The van der Waals surface area contributed by atoms with Crippen molar-refractivity contribution in [1.29, 1.82) is 0 Å². The van der Waals surface area contributed by atoms with Crippen LogP contribution in [-0.4, -0.2) is 61.5 Å². The van der Waals surface area contributed by atoms with Crippen molar-refractivity contribution in [2.24, 2.45) is 24.6 Å². The summed E-state index contributed by atoms with van der Waals surface area (Å²) in [6, 6.07) is 4.55. The second-order valence-electron chi connectivity index (χ2n) is 11.6. The van der Waals surface area contributed by atoms with Crippen LogP contribution in [0.2, 0.25) is 5.02 Å². The molecule has 0 spiro atoms. The Kier molecular flexibility index (Phi) is 9.45. The van der Waals surface area contributed by atoms with E-state index in [0.29, 0.717) is 55.6 Å². The first kappa shape index (κ1) is 31.7. The summed E-state index contributed by atoms with van der Waals surface area (Å²) in [5, 5.41) is 6.61. The lowest BCUT2D eigenvalue weighted by Crippen LogP contribution is -2.36. The van der Waals surface area contributed by atoms with Crippen molar-refractivity contribution in [2.45, 2.75) is 57.7 Å². The summed E-state index contributed by atoms with van der Waals surface area (Å²) in [7, 11) is 1.46. The number of carbonyl (C=O) groups excluding carboxylic acids is 3. The Balaban J connectivity index is 1.22. The first-order chi connectivity index (χ1) is 20.9. The smallest absolute Gasteiger partial charge is 0.342 e. The highest BCUT2D eigenvalue weighted by atomic mass is 35.5. The summed E-state index contributed by atoms with van der Waals surface area (Å²) in [5.74, 6) is -0.292. The zero-order valence-corrected chi connectivity index (χ0v) is 25.1. The van der Waals surface area contributed by atoms with Crippen LogP contribution in [0.1, 0.15) is 71.6 Å². The number of alkyl halides is 3. The van der Waals surface area contributed by atoms with E-state index in [1.807, 2.05) is 0 Å². The monoisotopic (exact) mass is 633 g/mol. The van der Waals surface area contributed by atoms with Gasteiger partial charge in [-0.2, -0.15) is 18.3 Å². The minimum Gasteiger partial charge on any atom is -0.342 e. The summed E-state index contributed by atoms with van der Waals surface area (Å²) < 4.78 is 44.0. The quantitative estimate of drug-likeness (QED) is 0.297. The van der Waals surface area contributed by atoms with E-state index in [9.17, 15) is 27.6 Å². The molecule has 5 rings (SSSR count). The van der Waals surface area contributed by atoms with Gasteiger partial charge in [0.1, 0.15) is 0 Å². The van der Waals surface area contributed by atoms with Gasteiger partial charge in [-0.05, 0) is 68.6 Å². The molecule has 1 saturated carbocycles. The van der Waals surface area contributed by atoms with E-state index < -0.39 is 17.8 Å². The van der Waals surface area contributed by atoms with Crippen LogP contribution in [0.4, 0.5) is 18.9 Å². The third-order valence-electron chi connectivity index (χ3n) is 8.32. The van der Waals surface area contributed by atoms with Crippen LogP contribution in [0.25, 0.3) is 11.3 Å². The number of amides is 2. The van der Waals surface area contributed by atoms with Gasteiger partial charge in [-0.3, -0.25) is 19.1 Å². The number of carbonyl (C=O) groups is 3. The fourth-order valence-corrected chi connectivity index (χ4v) is 5.94. The van der Waals surface area contributed by atoms with E-state index >= 15 is 0 Å². The molecule has 3 aromatic rings. The van der Waals surface area contributed by atoms with E-state index in [1.54, 1.807) is 17.0 Å². The number of benzene rings is 1. The molecule has 10 nitrogen and oxygen atoms in total. The number of anilines is 1. The second-order valence-corrected chi connectivity index (χ2v) is 12.0. The lowest BCUT2D eigenvalue weighted by Gasteiger charge is -2.19. The van der Waals surface area contributed by atoms with Gasteiger partial charge in [0.05, 0.1) is 29.0 Å². The molecule has 236 valence electrons. The molecule has 0 radical (unpaired) electrons. The molecule has 44 heavy (non-hydrogen) atoms. The Morgan fingerprint density at radius 3 is 2.57 bits per heavy atom. The number of halogens is 4. The van der Waals surface area contributed by atoms with Gasteiger partial charge in [0.15, 0.2) is 17.3 Å². The van der Waals surface area contributed by atoms with Crippen LogP contribution < -0.4 is 11.1 Å². The number of nitrogens with one attached hydrogen (secondary N) is 1.